The number of hydrazone groups is 1. The summed E-state index contributed by atoms with van der Waals surface area (Å²) in [6.45, 7) is 2.42. The summed E-state index contributed by atoms with van der Waals surface area (Å²) in [6.07, 6.45) is 1.44. The van der Waals surface area contributed by atoms with Crippen LogP contribution >= 0.6 is 0 Å². The Morgan fingerprint density at radius 3 is 2.67 bits per heavy atom. The highest BCUT2D eigenvalue weighted by Crippen LogP contribution is 2.32. The lowest BCUT2D eigenvalue weighted by Gasteiger charge is -2.09. The van der Waals surface area contributed by atoms with Crippen LogP contribution in [0.15, 0.2) is 47.6 Å². The first kappa shape index (κ1) is 20.7. The summed E-state index contributed by atoms with van der Waals surface area (Å²) in [5.74, 6) is 1.10. The number of aromatic nitrogens is 2. The van der Waals surface area contributed by atoms with Gasteiger partial charge in [-0.3, -0.25) is 9.89 Å². The quantitative estimate of drug-likeness (QED) is 0.388. The predicted molar refractivity (Wildman–Crippen MR) is 111 cm³/mol. The lowest BCUT2D eigenvalue weighted by Crippen LogP contribution is -2.18. The molecule has 0 saturated carbocycles. The molecule has 0 radical (unpaired) electrons. The average molecular weight is 410 g/mol. The van der Waals surface area contributed by atoms with Crippen molar-refractivity contribution < 1.29 is 24.1 Å². The Bertz CT molecular complexity index is 1060. The van der Waals surface area contributed by atoms with E-state index < -0.39 is 5.91 Å². The third kappa shape index (κ3) is 4.69. The van der Waals surface area contributed by atoms with Crippen molar-refractivity contribution in [1.82, 2.24) is 15.6 Å². The SMILES string of the molecule is CCOc1ccc(-c2cc(C(=O)NN=Cc3ccc(O)c(OC)c3)[nH]n2)cc1OC. The number of aromatic amines is 1. The third-order valence-electron chi connectivity index (χ3n) is 4.17. The van der Waals surface area contributed by atoms with E-state index in [1.807, 2.05) is 13.0 Å². The van der Waals surface area contributed by atoms with E-state index in [0.29, 0.717) is 35.1 Å². The molecule has 3 rings (SSSR count). The Balaban J connectivity index is 1.69. The van der Waals surface area contributed by atoms with Crippen LogP contribution in [0.5, 0.6) is 23.0 Å². The first-order chi connectivity index (χ1) is 14.5. The Morgan fingerprint density at radius 2 is 1.93 bits per heavy atom. The maximum absolute atomic E-state index is 12.3. The normalized spacial score (nSPS) is 10.8. The minimum absolute atomic E-state index is 0.0228. The molecule has 0 spiro atoms. The fourth-order valence-electron chi connectivity index (χ4n) is 2.69. The van der Waals surface area contributed by atoms with Crippen molar-refractivity contribution in [3.8, 4) is 34.3 Å². The maximum Gasteiger partial charge on any atom is 0.289 e. The van der Waals surface area contributed by atoms with Crippen molar-refractivity contribution in [1.29, 1.82) is 0 Å². The molecule has 2 aromatic carbocycles. The Hall–Kier alpha value is -4.01. The topological polar surface area (TPSA) is 118 Å². The molecular weight excluding hydrogens is 388 g/mol. The second-order valence-electron chi connectivity index (χ2n) is 6.10. The second kappa shape index (κ2) is 9.46. The van der Waals surface area contributed by atoms with Gasteiger partial charge in [0, 0.05) is 5.56 Å². The van der Waals surface area contributed by atoms with Gasteiger partial charge in [-0.2, -0.15) is 10.2 Å². The number of phenols is 1. The van der Waals surface area contributed by atoms with Crippen LogP contribution in [0, 0.1) is 0 Å². The van der Waals surface area contributed by atoms with E-state index in [9.17, 15) is 9.90 Å². The zero-order chi connectivity index (χ0) is 21.5. The Morgan fingerprint density at radius 1 is 1.13 bits per heavy atom. The van der Waals surface area contributed by atoms with Crippen LogP contribution in [0.25, 0.3) is 11.3 Å². The van der Waals surface area contributed by atoms with Gasteiger partial charge in [-0.05, 0) is 55.0 Å². The number of rotatable bonds is 8. The number of carbonyl (C=O) groups is 1. The monoisotopic (exact) mass is 410 g/mol. The van der Waals surface area contributed by atoms with E-state index in [1.165, 1.54) is 19.4 Å². The maximum atomic E-state index is 12.3. The number of methoxy groups -OCH3 is 2. The zero-order valence-corrected chi connectivity index (χ0v) is 16.8. The Kier molecular flexibility index (Phi) is 6.53. The summed E-state index contributed by atoms with van der Waals surface area (Å²) in [5, 5.41) is 20.4. The zero-order valence-electron chi connectivity index (χ0n) is 16.8. The summed E-state index contributed by atoms with van der Waals surface area (Å²) in [7, 11) is 3.01. The summed E-state index contributed by atoms with van der Waals surface area (Å²) in [6, 6.07) is 11.8. The lowest BCUT2D eigenvalue weighted by molar-refractivity contribution is 0.0950. The molecule has 1 heterocycles. The van der Waals surface area contributed by atoms with Crippen LogP contribution in [0.4, 0.5) is 0 Å². The molecule has 0 fully saturated rings. The number of hydrogen-bond donors (Lipinski definition) is 3. The molecule has 0 unspecified atom stereocenters. The highest BCUT2D eigenvalue weighted by molar-refractivity contribution is 5.94. The first-order valence-electron chi connectivity index (χ1n) is 9.12. The van der Waals surface area contributed by atoms with Crippen LogP contribution in [0.1, 0.15) is 23.0 Å². The van der Waals surface area contributed by atoms with E-state index in [0.717, 1.165) is 5.56 Å². The summed E-state index contributed by atoms with van der Waals surface area (Å²) in [5.41, 5.74) is 4.67. The van der Waals surface area contributed by atoms with Gasteiger partial charge in [-0.1, -0.05) is 0 Å². The van der Waals surface area contributed by atoms with Gasteiger partial charge < -0.3 is 19.3 Å². The lowest BCUT2D eigenvalue weighted by atomic mass is 10.1. The van der Waals surface area contributed by atoms with Crippen LogP contribution in [-0.4, -0.2) is 48.3 Å². The van der Waals surface area contributed by atoms with Crippen LogP contribution in [-0.2, 0) is 0 Å². The molecule has 3 N–H and O–H groups in total. The number of carbonyl (C=O) groups excluding carboxylic acids is 1. The van der Waals surface area contributed by atoms with E-state index in [4.69, 9.17) is 14.2 Å². The molecule has 0 saturated heterocycles. The van der Waals surface area contributed by atoms with Gasteiger partial charge in [-0.25, -0.2) is 5.43 Å². The van der Waals surface area contributed by atoms with E-state index in [-0.39, 0.29) is 11.4 Å². The fourth-order valence-corrected chi connectivity index (χ4v) is 2.69. The third-order valence-corrected chi connectivity index (χ3v) is 4.17. The van der Waals surface area contributed by atoms with Crippen LogP contribution in [0.2, 0.25) is 0 Å². The molecule has 9 nitrogen and oxygen atoms in total. The van der Waals surface area contributed by atoms with E-state index >= 15 is 0 Å². The van der Waals surface area contributed by atoms with Crippen molar-refractivity contribution in [3.63, 3.8) is 0 Å². The molecule has 9 heteroatoms. The highest BCUT2D eigenvalue weighted by Gasteiger charge is 2.13. The number of H-pyrrole nitrogens is 1. The molecule has 0 aliphatic heterocycles. The largest absolute Gasteiger partial charge is 0.504 e. The summed E-state index contributed by atoms with van der Waals surface area (Å²) < 4.78 is 15.9. The summed E-state index contributed by atoms with van der Waals surface area (Å²) in [4.78, 5) is 12.3. The van der Waals surface area contributed by atoms with Crippen molar-refractivity contribution in [3.05, 3.63) is 53.7 Å². The molecule has 1 amide bonds. The smallest absolute Gasteiger partial charge is 0.289 e. The number of nitrogens with one attached hydrogen (secondary N) is 2. The van der Waals surface area contributed by atoms with Gasteiger partial charge >= 0.3 is 0 Å². The van der Waals surface area contributed by atoms with Gasteiger partial charge in [0.2, 0.25) is 0 Å². The molecule has 156 valence electrons. The molecule has 1 aromatic heterocycles. The van der Waals surface area contributed by atoms with Gasteiger partial charge in [-0.15, -0.1) is 0 Å². The molecular formula is C21H22N4O5. The van der Waals surface area contributed by atoms with Gasteiger partial charge in [0.05, 0.1) is 32.7 Å². The minimum atomic E-state index is -0.450. The fraction of sp³-hybridized carbons (Fsp3) is 0.190. The number of ether oxygens (including phenoxy) is 3. The standard InChI is InChI=1S/C21H22N4O5/c1-4-30-18-8-6-14(10-20(18)29-3)15-11-16(24-23-15)21(27)25-22-12-13-5-7-17(26)19(9-13)28-2/h5-12,26H,4H2,1-3H3,(H,23,24)(H,25,27). The highest BCUT2D eigenvalue weighted by atomic mass is 16.5. The van der Waals surface area contributed by atoms with Crippen molar-refractivity contribution in [2.24, 2.45) is 5.10 Å². The van der Waals surface area contributed by atoms with Crippen LogP contribution < -0.4 is 19.6 Å². The number of nitrogens with zero attached hydrogens (tertiary/aromatic N) is 2. The van der Waals surface area contributed by atoms with Crippen molar-refractivity contribution in [2.45, 2.75) is 6.92 Å². The minimum Gasteiger partial charge on any atom is -0.504 e. The molecule has 3 aromatic rings. The number of phenolic OH excluding ortho intramolecular Hbond substituents is 1. The number of benzene rings is 2. The van der Waals surface area contributed by atoms with E-state index in [1.54, 1.807) is 37.4 Å². The molecule has 30 heavy (non-hydrogen) atoms. The van der Waals surface area contributed by atoms with Gasteiger partial charge in [0.1, 0.15) is 5.69 Å². The van der Waals surface area contributed by atoms with E-state index in [2.05, 4.69) is 20.7 Å². The molecule has 0 aliphatic carbocycles. The molecule has 0 bridgehead atoms. The second-order valence-corrected chi connectivity index (χ2v) is 6.10. The van der Waals surface area contributed by atoms with Crippen molar-refractivity contribution in [2.75, 3.05) is 20.8 Å². The first-order valence-corrected chi connectivity index (χ1v) is 9.12. The number of hydrogen-bond acceptors (Lipinski definition) is 7. The Labute approximate surface area is 173 Å². The predicted octanol–water partition coefficient (Wildman–Crippen LogP) is 2.96. The average Bonchev–Trinajstić information content (AvgIpc) is 3.25. The van der Waals surface area contributed by atoms with Gasteiger partial charge in [0.15, 0.2) is 23.0 Å². The number of aromatic hydroxyl groups is 1. The van der Waals surface area contributed by atoms with Gasteiger partial charge in [0.25, 0.3) is 5.91 Å². The molecule has 0 aliphatic rings. The van der Waals surface area contributed by atoms with Crippen molar-refractivity contribution >= 4 is 12.1 Å². The number of amides is 1. The molecule has 0 atom stereocenters. The van der Waals surface area contributed by atoms with Crippen LogP contribution in [0.3, 0.4) is 0 Å². The summed E-state index contributed by atoms with van der Waals surface area (Å²) >= 11 is 0.